The van der Waals surface area contributed by atoms with Gasteiger partial charge < -0.3 is 20.8 Å². The number of amides is 2. The van der Waals surface area contributed by atoms with Crippen molar-refractivity contribution < 1.29 is 29.4 Å². The van der Waals surface area contributed by atoms with Crippen molar-refractivity contribution in [1.29, 1.82) is 0 Å². The first-order valence-corrected chi connectivity index (χ1v) is 22.8. The number of aliphatic carboxylic acids is 2. The lowest BCUT2D eigenvalue weighted by atomic mass is 9.98. The Hall–Kier alpha value is -7.54. The molecular formula is C55H54N6O6. The minimum Gasteiger partial charge on any atom is -0.480 e. The fourth-order valence-electron chi connectivity index (χ4n) is 9.02. The molecular weight excluding hydrogens is 841 g/mol. The number of anilines is 2. The van der Waals surface area contributed by atoms with Crippen LogP contribution < -0.4 is 10.6 Å². The molecule has 6 aromatic carbocycles. The monoisotopic (exact) mass is 894 g/mol. The summed E-state index contributed by atoms with van der Waals surface area (Å²) in [5.74, 6) is -3.05. The van der Waals surface area contributed by atoms with Gasteiger partial charge in [0.2, 0.25) is 11.8 Å². The van der Waals surface area contributed by atoms with Crippen molar-refractivity contribution in [2.45, 2.75) is 69.4 Å². The molecule has 4 atom stereocenters. The van der Waals surface area contributed by atoms with Crippen LogP contribution in [-0.4, -0.2) is 92.4 Å². The topological polar surface area (TPSA) is 164 Å². The highest BCUT2D eigenvalue weighted by molar-refractivity contribution is 6.19. The number of nitrogens with zero attached hydrogens (tertiary/aromatic N) is 4. The Morgan fingerprint density at radius 1 is 0.493 bits per heavy atom. The van der Waals surface area contributed by atoms with Gasteiger partial charge in [0.05, 0.1) is 34.9 Å². The van der Waals surface area contributed by atoms with Gasteiger partial charge in [-0.1, -0.05) is 158 Å². The predicted octanol–water partition coefficient (Wildman–Crippen LogP) is 8.56. The third-order valence-corrected chi connectivity index (χ3v) is 12.4. The van der Waals surface area contributed by atoms with Gasteiger partial charge in [-0.15, -0.1) is 0 Å². The van der Waals surface area contributed by atoms with Crippen LogP contribution in [0, 0.1) is 0 Å². The maximum atomic E-state index is 14.1. The van der Waals surface area contributed by atoms with E-state index in [0.29, 0.717) is 59.6 Å². The summed E-state index contributed by atoms with van der Waals surface area (Å²) in [4.78, 5) is 68.6. The molecule has 2 fully saturated rings. The van der Waals surface area contributed by atoms with E-state index in [0.717, 1.165) is 37.1 Å². The molecule has 340 valence electrons. The zero-order chi connectivity index (χ0) is 46.5. The number of benzene rings is 6. The molecule has 6 aromatic rings. The van der Waals surface area contributed by atoms with Gasteiger partial charge in [0.1, 0.15) is 0 Å². The molecule has 0 aromatic heterocycles. The number of carbonyl (C=O) groups excluding carboxylic acids is 2. The number of nitrogens with one attached hydrogen (secondary N) is 2. The fraction of sp³-hybridized carbons (Fsp3) is 0.236. The molecule has 2 saturated heterocycles. The smallest absolute Gasteiger partial charge is 0.328 e. The Bertz CT molecular complexity index is 2530. The maximum absolute atomic E-state index is 14.1. The SMILES string of the molecule is O=C(O)[C@H](C[C@@H](N=C(c1ccccc1)c1ccccc1NC(=O)[C@@H]1CCCN1Cc1ccccc1)C(=O)O)N=C(c1ccccc1)c1ccccc1NC(=O)[C@@H]1CCCN1Cc1ccccc1. The van der Waals surface area contributed by atoms with E-state index in [2.05, 4.69) is 20.4 Å². The van der Waals surface area contributed by atoms with E-state index >= 15 is 0 Å². The molecule has 2 amide bonds. The summed E-state index contributed by atoms with van der Waals surface area (Å²) < 4.78 is 0. The summed E-state index contributed by atoms with van der Waals surface area (Å²) in [6.45, 7) is 2.82. The minimum absolute atomic E-state index is 0.180. The zero-order valence-corrected chi connectivity index (χ0v) is 37.2. The molecule has 0 radical (unpaired) electrons. The van der Waals surface area contributed by atoms with Gasteiger partial charge in [-0.25, -0.2) is 9.59 Å². The van der Waals surface area contributed by atoms with E-state index in [9.17, 15) is 29.4 Å². The van der Waals surface area contributed by atoms with Crippen molar-refractivity contribution in [3.63, 3.8) is 0 Å². The summed E-state index contributed by atoms with van der Waals surface area (Å²) in [5, 5.41) is 27.9. The van der Waals surface area contributed by atoms with Gasteiger partial charge >= 0.3 is 11.9 Å². The normalized spacial score (nSPS) is 17.7. The average Bonchev–Trinajstić information content (AvgIpc) is 4.03. The number of hydrogen-bond donors (Lipinski definition) is 4. The average molecular weight is 895 g/mol. The van der Waals surface area contributed by atoms with Crippen LogP contribution >= 0.6 is 0 Å². The molecule has 12 heteroatoms. The molecule has 4 N–H and O–H groups in total. The van der Waals surface area contributed by atoms with Crippen molar-refractivity contribution in [2.75, 3.05) is 23.7 Å². The fourth-order valence-corrected chi connectivity index (χ4v) is 9.02. The van der Waals surface area contributed by atoms with Crippen LogP contribution in [0.3, 0.4) is 0 Å². The molecule has 2 aliphatic heterocycles. The predicted molar refractivity (Wildman–Crippen MR) is 262 cm³/mol. The third kappa shape index (κ3) is 11.7. The molecule has 0 bridgehead atoms. The van der Waals surface area contributed by atoms with Gasteiger partial charge in [-0.3, -0.25) is 29.4 Å². The van der Waals surface area contributed by atoms with Crippen molar-refractivity contribution in [3.05, 3.63) is 203 Å². The van der Waals surface area contributed by atoms with E-state index in [1.807, 2.05) is 97.1 Å². The lowest BCUT2D eigenvalue weighted by molar-refractivity contribution is -0.140. The number of hydrogen-bond acceptors (Lipinski definition) is 8. The lowest BCUT2D eigenvalue weighted by Crippen LogP contribution is -2.39. The first-order chi connectivity index (χ1) is 32.7. The Morgan fingerprint density at radius 3 is 1.21 bits per heavy atom. The highest BCUT2D eigenvalue weighted by Gasteiger charge is 2.34. The first kappa shape index (κ1) is 46.0. The molecule has 2 heterocycles. The molecule has 0 saturated carbocycles. The molecule has 0 unspecified atom stereocenters. The van der Waals surface area contributed by atoms with Gasteiger partial charge in [-0.05, 0) is 62.0 Å². The molecule has 12 nitrogen and oxygen atoms in total. The summed E-state index contributed by atoms with van der Waals surface area (Å²) in [6, 6.07) is 48.5. The van der Waals surface area contributed by atoms with E-state index in [-0.39, 0.29) is 35.3 Å². The van der Waals surface area contributed by atoms with Crippen LogP contribution in [0.4, 0.5) is 11.4 Å². The Morgan fingerprint density at radius 2 is 0.836 bits per heavy atom. The summed E-state index contributed by atoms with van der Waals surface area (Å²) in [6.07, 6.45) is 2.62. The van der Waals surface area contributed by atoms with E-state index in [4.69, 9.17) is 9.98 Å². The van der Waals surface area contributed by atoms with Gasteiger partial charge in [0.15, 0.2) is 12.1 Å². The second kappa shape index (κ2) is 22.1. The van der Waals surface area contributed by atoms with Crippen LogP contribution in [0.5, 0.6) is 0 Å². The third-order valence-electron chi connectivity index (χ3n) is 12.4. The number of para-hydroxylation sites is 2. The largest absolute Gasteiger partial charge is 0.480 e. The zero-order valence-electron chi connectivity index (χ0n) is 37.2. The van der Waals surface area contributed by atoms with Crippen LogP contribution in [0.1, 0.15) is 65.5 Å². The number of carbonyl (C=O) groups is 4. The number of likely N-dealkylation sites (tertiary alicyclic amines) is 2. The highest BCUT2D eigenvalue weighted by Crippen LogP contribution is 2.28. The Balaban J connectivity index is 1.10. The van der Waals surface area contributed by atoms with Crippen molar-refractivity contribution in [3.8, 4) is 0 Å². The number of carboxylic acids is 2. The van der Waals surface area contributed by atoms with E-state index in [1.165, 1.54) is 0 Å². The van der Waals surface area contributed by atoms with Gasteiger partial charge in [-0.2, -0.15) is 0 Å². The molecule has 0 spiro atoms. The van der Waals surface area contributed by atoms with Crippen molar-refractivity contribution in [2.24, 2.45) is 9.98 Å². The first-order valence-electron chi connectivity index (χ1n) is 22.8. The molecule has 8 rings (SSSR count). The van der Waals surface area contributed by atoms with E-state index < -0.39 is 30.4 Å². The Kier molecular flexibility index (Phi) is 15.2. The standard InChI is InChI=1S/C55H54N6O6/c62-52(48-31-17-33-60(48)36-38-19-5-1-6-20-38)58-44-29-15-13-27-42(44)50(40-23-9-3-10-24-40)56-46(54(64)65)35-47(55(66)67)57-51(41-25-11-4-12-26-41)43-28-14-16-30-45(43)59-53(63)49-32-18-34-61(49)37-39-21-7-2-8-22-39/h1-16,19-30,46-49H,17-18,31-37H2,(H,58,62)(H,59,63)(H,64,65)(H,66,67)/t46-,47+,48-,49-/m0/s1. The van der Waals surface area contributed by atoms with Crippen LogP contribution in [0.25, 0.3) is 0 Å². The maximum Gasteiger partial charge on any atom is 0.328 e. The van der Waals surface area contributed by atoms with Crippen LogP contribution in [-0.2, 0) is 32.3 Å². The second-order valence-electron chi connectivity index (χ2n) is 16.9. The van der Waals surface area contributed by atoms with Crippen molar-refractivity contribution >= 4 is 46.6 Å². The number of aliphatic imine (C=N–C) groups is 2. The van der Waals surface area contributed by atoms with Crippen molar-refractivity contribution in [1.82, 2.24) is 9.80 Å². The molecule has 2 aliphatic rings. The van der Waals surface area contributed by atoms with Gasteiger partial charge in [0, 0.05) is 41.8 Å². The Labute approximate surface area is 390 Å². The number of rotatable bonds is 18. The van der Waals surface area contributed by atoms with Gasteiger partial charge in [0.25, 0.3) is 0 Å². The molecule has 0 aliphatic carbocycles. The summed E-state index contributed by atoms with van der Waals surface area (Å²) in [5.41, 5.74) is 5.79. The summed E-state index contributed by atoms with van der Waals surface area (Å²) >= 11 is 0. The summed E-state index contributed by atoms with van der Waals surface area (Å²) in [7, 11) is 0. The lowest BCUT2D eigenvalue weighted by Gasteiger charge is -2.25. The number of carboxylic acid groups (broad SMARTS) is 2. The minimum atomic E-state index is -1.58. The second-order valence-corrected chi connectivity index (χ2v) is 16.9. The van der Waals surface area contributed by atoms with E-state index in [1.54, 1.807) is 72.8 Å². The van der Waals surface area contributed by atoms with Crippen LogP contribution in [0.2, 0.25) is 0 Å². The quantitative estimate of drug-likeness (QED) is 0.0624. The highest BCUT2D eigenvalue weighted by atomic mass is 16.4. The molecule has 67 heavy (non-hydrogen) atoms. The van der Waals surface area contributed by atoms with Crippen LogP contribution in [0.15, 0.2) is 180 Å².